The second kappa shape index (κ2) is 6.67. The van der Waals surface area contributed by atoms with Gasteiger partial charge in [-0.2, -0.15) is 0 Å². The molecule has 2 heterocycles. The molecular weight excluding hydrogens is 272 g/mol. The summed E-state index contributed by atoms with van der Waals surface area (Å²) in [6, 6.07) is 5.82. The number of anilines is 1. The van der Waals surface area contributed by atoms with Crippen LogP contribution >= 0.6 is 11.8 Å². The van der Waals surface area contributed by atoms with E-state index in [9.17, 15) is 0 Å². The van der Waals surface area contributed by atoms with Crippen LogP contribution in [0, 0.1) is 13.8 Å². The SMILES string of the molecule is CCOCc1nc(N)cc(Sc2cc(C)cc(C)n2)n1. The predicted molar refractivity (Wildman–Crippen MR) is 79.6 cm³/mol. The molecule has 2 aromatic rings. The molecule has 2 N–H and O–H groups in total. The van der Waals surface area contributed by atoms with Gasteiger partial charge >= 0.3 is 0 Å². The molecule has 0 atom stereocenters. The summed E-state index contributed by atoms with van der Waals surface area (Å²) in [4.78, 5) is 13.1. The van der Waals surface area contributed by atoms with Gasteiger partial charge in [0.25, 0.3) is 0 Å². The Morgan fingerprint density at radius 1 is 1.10 bits per heavy atom. The standard InChI is InChI=1S/C14H18N4OS/c1-4-19-8-12-17-11(15)7-14(18-12)20-13-6-9(2)5-10(3)16-13/h5-7H,4,8H2,1-3H3,(H2,15,17,18). The molecule has 0 amide bonds. The molecule has 0 saturated carbocycles. The maximum atomic E-state index is 5.80. The van der Waals surface area contributed by atoms with Crippen LogP contribution in [0.2, 0.25) is 0 Å². The first kappa shape index (κ1) is 14.7. The molecule has 0 aliphatic rings. The lowest BCUT2D eigenvalue weighted by atomic mass is 10.3. The number of nitrogens with two attached hydrogens (primary N) is 1. The van der Waals surface area contributed by atoms with Crippen LogP contribution in [-0.4, -0.2) is 21.6 Å². The van der Waals surface area contributed by atoms with Gasteiger partial charge in [0.1, 0.15) is 22.5 Å². The number of hydrogen-bond acceptors (Lipinski definition) is 6. The van der Waals surface area contributed by atoms with E-state index in [1.165, 1.54) is 17.3 Å². The van der Waals surface area contributed by atoms with Gasteiger partial charge in [0.05, 0.1) is 0 Å². The first-order valence-electron chi connectivity index (χ1n) is 6.41. The molecule has 0 spiro atoms. The molecule has 0 saturated heterocycles. The zero-order chi connectivity index (χ0) is 14.5. The Kier molecular flexibility index (Phi) is 4.92. The molecule has 0 unspecified atom stereocenters. The quantitative estimate of drug-likeness (QED) is 0.853. The van der Waals surface area contributed by atoms with Crippen molar-refractivity contribution in [3.8, 4) is 0 Å². The fourth-order valence-corrected chi connectivity index (χ4v) is 2.75. The highest BCUT2D eigenvalue weighted by molar-refractivity contribution is 7.99. The second-order valence-corrected chi connectivity index (χ2v) is 5.45. The van der Waals surface area contributed by atoms with Crippen LogP contribution in [0.15, 0.2) is 28.3 Å². The van der Waals surface area contributed by atoms with E-state index in [1.807, 2.05) is 32.9 Å². The van der Waals surface area contributed by atoms with Crippen LogP contribution in [0.1, 0.15) is 24.0 Å². The number of aryl methyl sites for hydroxylation is 2. The molecule has 2 aromatic heterocycles. The van der Waals surface area contributed by atoms with Crippen LogP contribution in [0.25, 0.3) is 0 Å². The molecule has 0 aliphatic carbocycles. The van der Waals surface area contributed by atoms with Crippen LogP contribution in [-0.2, 0) is 11.3 Å². The van der Waals surface area contributed by atoms with Crippen LogP contribution in [0.3, 0.4) is 0 Å². The Morgan fingerprint density at radius 2 is 1.85 bits per heavy atom. The number of ether oxygens (including phenoxy) is 1. The Hall–Kier alpha value is -1.66. The largest absolute Gasteiger partial charge is 0.384 e. The van der Waals surface area contributed by atoms with Crippen molar-refractivity contribution in [2.24, 2.45) is 0 Å². The monoisotopic (exact) mass is 290 g/mol. The Morgan fingerprint density at radius 3 is 2.55 bits per heavy atom. The van der Waals surface area contributed by atoms with Crippen molar-refractivity contribution in [2.45, 2.75) is 37.4 Å². The Labute approximate surface area is 123 Å². The second-order valence-electron chi connectivity index (χ2n) is 4.41. The number of nitrogens with zero attached hydrogens (tertiary/aromatic N) is 3. The van der Waals surface area contributed by atoms with Crippen molar-refractivity contribution >= 4 is 17.6 Å². The Balaban J connectivity index is 2.21. The minimum atomic E-state index is 0.370. The van der Waals surface area contributed by atoms with Gasteiger partial charge < -0.3 is 10.5 Å². The highest BCUT2D eigenvalue weighted by Crippen LogP contribution is 2.26. The van der Waals surface area contributed by atoms with Gasteiger partial charge in [-0.15, -0.1) is 0 Å². The van der Waals surface area contributed by atoms with Crippen molar-refractivity contribution in [1.29, 1.82) is 0 Å². The maximum absolute atomic E-state index is 5.80. The molecule has 5 nitrogen and oxygen atoms in total. The summed E-state index contributed by atoms with van der Waals surface area (Å²) in [6.45, 7) is 6.95. The minimum Gasteiger partial charge on any atom is -0.384 e. The van der Waals surface area contributed by atoms with Crippen molar-refractivity contribution in [3.63, 3.8) is 0 Å². The molecule has 0 aliphatic heterocycles. The van der Waals surface area contributed by atoms with Crippen molar-refractivity contribution in [1.82, 2.24) is 15.0 Å². The smallest absolute Gasteiger partial charge is 0.157 e. The van der Waals surface area contributed by atoms with Crippen molar-refractivity contribution in [2.75, 3.05) is 12.3 Å². The fraction of sp³-hybridized carbons (Fsp3) is 0.357. The molecule has 0 fully saturated rings. The summed E-state index contributed by atoms with van der Waals surface area (Å²) in [5.41, 5.74) is 7.97. The molecule has 20 heavy (non-hydrogen) atoms. The number of aromatic nitrogens is 3. The maximum Gasteiger partial charge on any atom is 0.157 e. The van der Waals surface area contributed by atoms with Gasteiger partial charge in [-0.1, -0.05) is 0 Å². The molecule has 106 valence electrons. The Bertz CT molecular complexity index is 583. The third-order valence-corrected chi connectivity index (χ3v) is 3.32. The lowest BCUT2D eigenvalue weighted by Gasteiger charge is -2.06. The third-order valence-electron chi connectivity index (χ3n) is 2.49. The van der Waals surface area contributed by atoms with Crippen LogP contribution < -0.4 is 5.73 Å². The highest BCUT2D eigenvalue weighted by atomic mass is 32.2. The van der Waals surface area contributed by atoms with E-state index in [2.05, 4.69) is 15.0 Å². The number of rotatable bonds is 5. The summed E-state index contributed by atoms with van der Waals surface area (Å²) in [6.07, 6.45) is 0. The lowest BCUT2D eigenvalue weighted by molar-refractivity contribution is 0.128. The van der Waals surface area contributed by atoms with E-state index in [1.54, 1.807) is 6.07 Å². The van der Waals surface area contributed by atoms with E-state index in [-0.39, 0.29) is 0 Å². The fourth-order valence-electron chi connectivity index (χ4n) is 1.77. The number of pyridine rings is 1. The normalized spacial score (nSPS) is 10.8. The topological polar surface area (TPSA) is 73.9 Å². The van der Waals surface area contributed by atoms with Gasteiger partial charge in [-0.05, 0) is 50.2 Å². The lowest BCUT2D eigenvalue weighted by Crippen LogP contribution is -2.03. The minimum absolute atomic E-state index is 0.370. The molecule has 0 radical (unpaired) electrons. The van der Waals surface area contributed by atoms with Gasteiger partial charge in [-0.25, -0.2) is 15.0 Å². The number of nitrogen functional groups attached to an aromatic ring is 1. The summed E-state index contributed by atoms with van der Waals surface area (Å²) in [5, 5.41) is 1.69. The molecule has 6 heteroatoms. The highest BCUT2D eigenvalue weighted by Gasteiger charge is 2.06. The van der Waals surface area contributed by atoms with E-state index in [0.29, 0.717) is 24.9 Å². The van der Waals surface area contributed by atoms with E-state index < -0.39 is 0 Å². The zero-order valence-corrected chi connectivity index (χ0v) is 12.7. The van der Waals surface area contributed by atoms with Gasteiger partial charge in [-0.3, -0.25) is 0 Å². The average Bonchev–Trinajstić information content (AvgIpc) is 2.34. The molecule has 0 bridgehead atoms. The zero-order valence-electron chi connectivity index (χ0n) is 11.9. The summed E-state index contributed by atoms with van der Waals surface area (Å²) in [5.74, 6) is 1.04. The molecule has 0 aromatic carbocycles. The summed E-state index contributed by atoms with van der Waals surface area (Å²) in [7, 11) is 0. The summed E-state index contributed by atoms with van der Waals surface area (Å²) < 4.78 is 5.31. The molecule has 2 rings (SSSR count). The third kappa shape index (κ3) is 4.18. The first-order chi connectivity index (χ1) is 9.56. The van der Waals surface area contributed by atoms with E-state index in [0.717, 1.165) is 15.7 Å². The van der Waals surface area contributed by atoms with Crippen LogP contribution in [0.5, 0.6) is 0 Å². The first-order valence-corrected chi connectivity index (χ1v) is 7.23. The number of hydrogen-bond donors (Lipinski definition) is 1. The molecular formula is C14H18N4OS. The van der Waals surface area contributed by atoms with Gasteiger partial charge in [0.2, 0.25) is 0 Å². The predicted octanol–water partition coefficient (Wildman–Crippen LogP) is 2.76. The van der Waals surface area contributed by atoms with Gasteiger partial charge in [0.15, 0.2) is 5.82 Å². The van der Waals surface area contributed by atoms with Crippen molar-refractivity contribution < 1.29 is 4.74 Å². The van der Waals surface area contributed by atoms with E-state index >= 15 is 0 Å². The van der Waals surface area contributed by atoms with Crippen molar-refractivity contribution in [3.05, 3.63) is 35.3 Å². The average molecular weight is 290 g/mol. The van der Waals surface area contributed by atoms with Crippen LogP contribution in [0.4, 0.5) is 5.82 Å². The summed E-state index contributed by atoms with van der Waals surface area (Å²) >= 11 is 1.48. The van der Waals surface area contributed by atoms with Gasteiger partial charge in [0, 0.05) is 18.4 Å². The van der Waals surface area contributed by atoms with E-state index in [4.69, 9.17) is 10.5 Å².